The fourth-order valence-electron chi connectivity index (χ4n) is 5.89. The lowest BCUT2D eigenvalue weighted by Crippen LogP contribution is -2.28. The van der Waals surface area contributed by atoms with Crippen LogP contribution in [0, 0.1) is 12.8 Å². The summed E-state index contributed by atoms with van der Waals surface area (Å²) in [6, 6.07) is 5.13. The van der Waals surface area contributed by atoms with Crippen LogP contribution >= 0.6 is 0 Å². The molecule has 2 aliphatic carbocycles. The zero-order chi connectivity index (χ0) is 26.7. The summed E-state index contributed by atoms with van der Waals surface area (Å²) < 4.78 is 1.49. The predicted octanol–water partition coefficient (Wildman–Crippen LogP) is 5.91. The molecular formula is C28H38N4O5. The normalized spacial score (nSPS) is 21.1. The van der Waals surface area contributed by atoms with Crippen LogP contribution in [0.4, 0.5) is 11.4 Å². The van der Waals surface area contributed by atoms with Crippen LogP contribution in [0.15, 0.2) is 33.2 Å². The number of carboxylic acids is 1. The number of aliphatic carboxylic acids is 1. The summed E-state index contributed by atoms with van der Waals surface area (Å²) in [6.07, 6.45) is 7.51. The minimum Gasteiger partial charge on any atom is -0.505 e. The van der Waals surface area contributed by atoms with Gasteiger partial charge < -0.3 is 20.2 Å². The van der Waals surface area contributed by atoms with Crippen molar-refractivity contribution in [1.29, 1.82) is 0 Å². The Bertz CT molecular complexity index is 1230. The van der Waals surface area contributed by atoms with Gasteiger partial charge in [0.25, 0.3) is 5.56 Å². The second-order valence-corrected chi connectivity index (χ2v) is 10.8. The molecule has 2 aromatic rings. The molecule has 9 nitrogen and oxygen atoms in total. The predicted molar refractivity (Wildman–Crippen MR) is 141 cm³/mol. The summed E-state index contributed by atoms with van der Waals surface area (Å²) in [4.78, 5) is 27.0. The van der Waals surface area contributed by atoms with E-state index in [1.54, 1.807) is 25.1 Å². The van der Waals surface area contributed by atoms with Crippen molar-refractivity contribution in [3.8, 4) is 11.6 Å². The molecule has 4 rings (SSSR count). The average Bonchev–Trinajstić information content (AvgIpc) is 2.88. The number of carbonyl (C=O) groups is 1. The fourth-order valence-corrected chi connectivity index (χ4v) is 5.89. The summed E-state index contributed by atoms with van der Waals surface area (Å²) in [5, 5.41) is 40.2. The van der Waals surface area contributed by atoms with Crippen molar-refractivity contribution in [2.45, 2.75) is 83.2 Å². The van der Waals surface area contributed by atoms with Crippen LogP contribution in [-0.2, 0) is 11.3 Å². The van der Waals surface area contributed by atoms with Crippen molar-refractivity contribution in [3.63, 3.8) is 0 Å². The number of nitrogens with zero attached hydrogens (tertiary/aromatic N) is 4. The van der Waals surface area contributed by atoms with Crippen molar-refractivity contribution in [2.24, 2.45) is 16.1 Å². The van der Waals surface area contributed by atoms with Gasteiger partial charge in [-0.2, -0.15) is 0 Å². The number of carboxylic acid groups (broad SMARTS) is 1. The number of para-hydroxylation sites is 1. The minimum absolute atomic E-state index is 0.00261. The molecular weight excluding hydrogens is 472 g/mol. The molecule has 3 N–H and O–H groups in total. The monoisotopic (exact) mass is 510 g/mol. The number of rotatable bonds is 7. The number of hydrogen-bond acceptors (Lipinski definition) is 7. The first-order valence-corrected chi connectivity index (χ1v) is 13.3. The van der Waals surface area contributed by atoms with Gasteiger partial charge in [-0.1, -0.05) is 37.8 Å². The Labute approximate surface area is 217 Å². The quantitative estimate of drug-likeness (QED) is 0.397. The minimum atomic E-state index is -0.800. The van der Waals surface area contributed by atoms with Crippen LogP contribution in [0.3, 0.4) is 0 Å². The second kappa shape index (κ2) is 11.5. The molecule has 0 saturated heterocycles. The molecule has 1 heterocycles. The molecule has 0 bridgehead atoms. The van der Waals surface area contributed by atoms with E-state index in [-0.39, 0.29) is 40.5 Å². The van der Waals surface area contributed by atoms with Crippen molar-refractivity contribution in [3.05, 3.63) is 45.2 Å². The summed E-state index contributed by atoms with van der Waals surface area (Å²) >= 11 is 0. The Morgan fingerprint density at radius 3 is 2.46 bits per heavy atom. The molecule has 1 aromatic heterocycles. The van der Waals surface area contributed by atoms with E-state index >= 15 is 0 Å². The third-order valence-electron chi connectivity index (χ3n) is 7.91. The van der Waals surface area contributed by atoms with Gasteiger partial charge in [0.1, 0.15) is 11.4 Å². The largest absolute Gasteiger partial charge is 0.505 e. The number of aromatic nitrogens is 1. The highest BCUT2D eigenvalue weighted by Crippen LogP contribution is 2.43. The van der Waals surface area contributed by atoms with Gasteiger partial charge in [-0.25, -0.2) is 0 Å². The Kier molecular flexibility index (Phi) is 8.32. The van der Waals surface area contributed by atoms with E-state index in [2.05, 4.69) is 10.2 Å². The van der Waals surface area contributed by atoms with Gasteiger partial charge in [0, 0.05) is 18.2 Å². The van der Waals surface area contributed by atoms with Crippen molar-refractivity contribution in [1.82, 2.24) is 9.47 Å². The lowest BCUT2D eigenvalue weighted by atomic mass is 9.77. The topological polar surface area (TPSA) is 128 Å². The number of benzene rings is 1. The summed E-state index contributed by atoms with van der Waals surface area (Å²) in [6.45, 7) is 2.21. The van der Waals surface area contributed by atoms with Crippen LogP contribution < -0.4 is 5.56 Å². The maximum absolute atomic E-state index is 13.6. The molecule has 200 valence electrons. The molecule has 0 radical (unpaired) electrons. The maximum Gasteiger partial charge on any atom is 0.306 e. The number of pyridine rings is 1. The Morgan fingerprint density at radius 1 is 1.05 bits per heavy atom. The third-order valence-corrected chi connectivity index (χ3v) is 7.91. The SMILES string of the molecule is Cc1c(CN(C)C)c(O)n(C2CCCCC2)c(=O)c1N=Nc1cccc(C2CCCC(C(=O)O)C2)c1O. The maximum atomic E-state index is 13.6. The van der Waals surface area contributed by atoms with Gasteiger partial charge in [0.15, 0.2) is 11.6 Å². The van der Waals surface area contributed by atoms with Crippen LogP contribution in [0.5, 0.6) is 11.6 Å². The van der Waals surface area contributed by atoms with Crippen LogP contribution in [0.25, 0.3) is 0 Å². The smallest absolute Gasteiger partial charge is 0.306 e. The first-order chi connectivity index (χ1) is 17.7. The Hall–Kier alpha value is -3.20. The summed E-state index contributed by atoms with van der Waals surface area (Å²) in [5.74, 6) is -1.32. The van der Waals surface area contributed by atoms with Crippen molar-refractivity contribution in [2.75, 3.05) is 14.1 Å². The third kappa shape index (κ3) is 5.71. The highest BCUT2D eigenvalue weighted by Gasteiger charge is 2.30. The van der Waals surface area contributed by atoms with E-state index in [9.17, 15) is 24.9 Å². The standard InChI is InChI=1S/C28H38N4O5/c1-17-22(16-31(2)3)26(34)32(20-11-5-4-6-12-20)27(35)24(17)30-29-23-14-8-13-21(25(23)33)18-9-7-10-19(15-18)28(36)37/h8,13-14,18-20,33-34H,4-7,9-12,15-16H2,1-3H3,(H,36,37). The van der Waals surface area contributed by atoms with Gasteiger partial charge in [-0.05, 0) is 76.2 Å². The Morgan fingerprint density at radius 2 is 1.78 bits per heavy atom. The second-order valence-electron chi connectivity index (χ2n) is 10.8. The first-order valence-electron chi connectivity index (χ1n) is 13.3. The van der Waals surface area contributed by atoms with Crippen molar-refractivity contribution >= 4 is 17.3 Å². The van der Waals surface area contributed by atoms with E-state index in [1.807, 2.05) is 19.0 Å². The average molecular weight is 511 g/mol. The lowest BCUT2D eigenvalue weighted by molar-refractivity contribution is -0.143. The molecule has 2 unspecified atom stereocenters. The number of aromatic hydroxyl groups is 2. The zero-order valence-electron chi connectivity index (χ0n) is 22.0. The molecule has 2 saturated carbocycles. The molecule has 1 aromatic carbocycles. The molecule has 0 aliphatic heterocycles. The molecule has 0 spiro atoms. The summed E-state index contributed by atoms with van der Waals surface area (Å²) in [7, 11) is 3.81. The highest BCUT2D eigenvalue weighted by atomic mass is 16.4. The molecule has 37 heavy (non-hydrogen) atoms. The van der Waals surface area contributed by atoms with Gasteiger partial charge >= 0.3 is 5.97 Å². The van der Waals surface area contributed by atoms with E-state index in [0.29, 0.717) is 36.1 Å². The zero-order valence-corrected chi connectivity index (χ0v) is 22.0. The molecule has 2 aliphatic rings. The van der Waals surface area contributed by atoms with E-state index < -0.39 is 11.9 Å². The lowest BCUT2D eigenvalue weighted by Gasteiger charge is -2.27. The van der Waals surface area contributed by atoms with Gasteiger partial charge in [0.05, 0.1) is 5.92 Å². The van der Waals surface area contributed by atoms with Crippen molar-refractivity contribution < 1.29 is 20.1 Å². The molecule has 9 heteroatoms. The van der Waals surface area contributed by atoms with Crippen LogP contribution in [0.2, 0.25) is 0 Å². The number of phenols is 1. The van der Waals surface area contributed by atoms with E-state index in [1.165, 1.54) is 4.57 Å². The fraction of sp³-hybridized carbons (Fsp3) is 0.571. The van der Waals surface area contributed by atoms with E-state index in [4.69, 9.17) is 0 Å². The van der Waals surface area contributed by atoms with E-state index in [0.717, 1.165) is 44.9 Å². The molecule has 2 atom stereocenters. The van der Waals surface area contributed by atoms with Gasteiger partial charge in [-0.3, -0.25) is 14.2 Å². The summed E-state index contributed by atoms with van der Waals surface area (Å²) in [5.41, 5.74) is 1.90. The molecule has 0 amide bonds. The first kappa shape index (κ1) is 26.9. The highest BCUT2D eigenvalue weighted by molar-refractivity contribution is 5.70. The number of phenolic OH excluding ortho intramolecular Hbond substituents is 1. The van der Waals surface area contributed by atoms with Crippen LogP contribution in [0.1, 0.15) is 86.4 Å². The number of azo groups is 1. The number of hydrogen-bond donors (Lipinski definition) is 3. The molecule has 2 fully saturated rings. The van der Waals surface area contributed by atoms with Gasteiger partial charge in [0.2, 0.25) is 0 Å². The van der Waals surface area contributed by atoms with Crippen LogP contribution in [-0.4, -0.2) is 44.9 Å². The Balaban J connectivity index is 1.73. The van der Waals surface area contributed by atoms with Gasteiger partial charge in [-0.15, -0.1) is 10.2 Å².